The lowest BCUT2D eigenvalue weighted by Gasteiger charge is -2.37. The molecule has 0 spiro atoms. The molecule has 0 aromatic heterocycles. The molecule has 0 N–H and O–H groups in total. The van der Waals surface area contributed by atoms with Gasteiger partial charge in [-0.2, -0.15) is 0 Å². The standard InChI is InChI=1S/C21H24N2O3/c1-16-12-18(14-24)13-17(2)21(16)23-10-8-22(9-11-23)20(25)15-26-19-6-4-3-5-7-19/h3-7,12-14H,8-11,15H2,1-2H3. The summed E-state index contributed by atoms with van der Waals surface area (Å²) >= 11 is 0. The minimum atomic E-state index is 0.0123. The lowest BCUT2D eigenvalue weighted by Crippen LogP contribution is -2.50. The predicted molar refractivity (Wildman–Crippen MR) is 102 cm³/mol. The van der Waals surface area contributed by atoms with Gasteiger partial charge in [-0.1, -0.05) is 18.2 Å². The van der Waals surface area contributed by atoms with Gasteiger partial charge in [0, 0.05) is 37.4 Å². The average Bonchev–Trinajstić information content (AvgIpc) is 2.67. The number of amides is 1. The molecular formula is C21H24N2O3. The number of benzene rings is 2. The number of aryl methyl sites for hydroxylation is 2. The van der Waals surface area contributed by atoms with Crippen LogP contribution in [0.15, 0.2) is 42.5 Å². The summed E-state index contributed by atoms with van der Waals surface area (Å²) in [5.41, 5.74) is 4.07. The fraction of sp³-hybridized carbons (Fsp3) is 0.333. The first-order valence-electron chi connectivity index (χ1n) is 8.85. The largest absolute Gasteiger partial charge is 0.484 e. The highest BCUT2D eigenvalue weighted by atomic mass is 16.5. The third-order valence-corrected chi connectivity index (χ3v) is 4.70. The molecule has 1 amide bonds. The van der Waals surface area contributed by atoms with Crippen LogP contribution in [0.25, 0.3) is 0 Å². The van der Waals surface area contributed by atoms with E-state index >= 15 is 0 Å². The van der Waals surface area contributed by atoms with E-state index in [1.165, 1.54) is 5.69 Å². The van der Waals surface area contributed by atoms with Crippen LogP contribution in [0, 0.1) is 13.8 Å². The quantitative estimate of drug-likeness (QED) is 0.777. The molecule has 0 unspecified atom stereocenters. The molecule has 5 heteroatoms. The van der Waals surface area contributed by atoms with Crippen molar-refractivity contribution in [1.29, 1.82) is 0 Å². The lowest BCUT2D eigenvalue weighted by atomic mass is 10.0. The van der Waals surface area contributed by atoms with Crippen LogP contribution in [0.5, 0.6) is 5.75 Å². The molecule has 0 saturated carbocycles. The number of para-hydroxylation sites is 1. The molecule has 26 heavy (non-hydrogen) atoms. The van der Waals surface area contributed by atoms with E-state index < -0.39 is 0 Å². The first-order valence-corrected chi connectivity index (χ1v) is 8.85. The van der Waals surface area contributed by atoms with Gasteiger partial charge in [-0.25, -0.2) is 0 Å². The molecule has 136 valence electrons. The second-order valence-corrected chi connectivity index (χ2v) is 6.59. The monoisotopic (exact) mass is 352 g/mol. The van der Waals surface area contributed by atoms with Gasteiger partial charge in [0.15, 0.2) is 6.61 Å². The molecule has 1 saturated heterocycles. The SMILES string of the molecule is Cc1cc(C=O)cc(C)c1N1CCN(C(=O)COc2ccccc2)CC1. The maximum absolute atomic E-state index is 12.4. The third-order valence-electron chi connectivity index (χ3n) is 4.70. The van der Waals surface area contributed by atoms with Crippen molar-refractivity contribution in [3.05, 3.63) is 59.2 Å². The molecule has 1 fully saturated rings. The van der Waals surface area contributed by atoms with Crippen LogP contribution in [0.2, 0.25) is 0 Å². The summed E-state index contributed by atoms with van der Waals surface area (Å²) in [5, 5.41) is 0. The summed E-state index contributed by atoms with van der Waals surface area (Å²) in [6, 6.07) is 13.2. The Hall–Kier alpha value is -2.82. The Morgan fingerprint density at radius 3 is 2.23 bits per heavy atom. The van der Waals surface area contributed by atoms with E-state index in [9.17, 15) is 9.59 Å². The number of carbonyl (C=O) groups is 2. The van der Waals surface area contributed by atoms with Crippen molar-refractivity contribution in [2.75, 3.05) is 37.7 Å². The van der Waals surface area contributed by atoms with Crippen LogP contribution in [0.1, 0.15) is 21.5 Å². The Balaban J connectivity index is 1.57. The van der Waals surface area contributed by atoms with Crippen molar-refractivity contribution in [1.82, 2.24) is 4.90 Å². The molecule has 1 aliphatic rings. The lowest BCUT2D eigenvalue weighted by molar-refractivity contribution is -0.133. The molecule has 3 rings (SSSR count). The molecule has 1 aliphatic heterocycles. The zero-order valence-corrected chi connectivity index (χ0v) is 15.3. The van der Waals surface area contributed by atoms with E-state index in [4.69, 9.17) is 4.74 Å². The van der Waals surface area contributed by atoms with Crippen LogP contribution in [0.4, 0.5) is 5.69 Å². The number of ether oxygens (including phenoxy) is 1. The van der Waals surface area contributed by atoms with Crippen LogP contribution in [-0.4, -0.2) is 49.9 Å². The summed E-state index contributed by atoms with van der Waals surface area (Å²) in [7, 11) is 0. The van der Waals surface area contributed by atoms with Crippen LogP contribution < -0.4 is 9.64 Å². The minimum absolute atomic E-state index is 0.0123. The highest BCUT2D eigenvalue weighted by molar-refractivity contribution is 5.79. The highest BCUT2D eigenvalue weighted by Crippen LogP contribution is 2.27. The number of hydrogen-bond acceptors (Lipinski definition) is 4. The zero-order valence-electron chi connectivity index (χ0n) is 15.3. The van der Waals surface area contributed by atoms with Gasteiger partial charge in [-0.15, -0.1) is 0 Å². The van der Waals surface area contributed by atoms with Crippen LogP contribution >= 0.6 is 0 Å². The number of piperazine rings is 1. The average molecular weight is 352 g/mol. The van der Waals surface area contributed by atoms with Gasteiger partial charge in [-0.05, 0) is 49.2 Å². The second-order valence-electron chi connectivity index (χ2n) is 6.59. The topological polar surface area (TPSA) is 49.9 Å². The summed E-state index contributed by atoms with van der Waals surface area (Å²) in [5.74, 6) is 0.722. The van der Waals surface area contributed by atoms with E-state index in [0.29, 0.717) is 24.4 Å². The summed E-state index contributed by atoms with van der Waals surface area (Å²) < 4.78 is 5.56. The molecule has 0 radical (unpaired) electrons. The van der Waals surface area contributed by atoms with Gasteiger partial charge in [0.25, 0.3) is 5.91 Å². The molecule has 1 heterocycles. The molecule has 2 aromatic carbocycles. The van der Waals surface area contributed by atoms with E-state index in [2.05, 4.69) is 4.90 Å². The van der Waals surface area contributed by atoms with Gasteiger partial charge in [0.2, 0.25) is 0 Å². The Morgan fingerprint density at radius 2 is 1.65 bits per heavy atom. The van der Waals surface area contributed by atoms with Crippen LogP contribution in [0.3, 0.4) is 0 Å². The first-order chi connectivity index (χ1) is 12.6. The summed E-state index contributed by atoms with van der Waals surface area (Å²) in [6.45, 7) is 7.02. The number of aldehydes is 1. The first kappa shape index (κ1) is 18.0. The maximum Gasteiger partial charge on any atom is 0.260 e. The van der Waals surface area contributed by atoms with Crippen molar-refractivity contribution in [3.8, 4) is 5.75 Å². The molecule has 5 nitrogen and oxygen atoms in total. The van der Waals surface area contributed by atoms with E-state index in [0.717, 1.165) is 30.5 Å². The Kier molecular flexibility index (Phi) is 5.56. The van der Waals surface area contributed by atoms with Crippen molar-refractivity contribution in [2.45, 2.75) is 13.8 Å². The summed E-state index contributed by atoms with van der Waals surface area (Å²) in [4.78, 5) is 27.5. The predicted octanol–water partition coefficient (Wildman–Crippen LogP) is 2.84. The van der Waals surface area contributed by atoms with Gasteiger partial charge in [-0.3, -0.25) is 9.59 Å². The molecule has 0 atom stereocenters. The maximum atomic E-state index is 12.4. The Labute approximate surface area is 154 Å². The number of carbonyl (C=O) groups excluding carboxylic acids is 2. The smallest absolute Gasteiger partial charge is 0.260 e. The Bertz CT molecular complexity index is 758. The number of anilines is 1. The fourth-order valence-electron chi connectivity index (χ4n) is 3.49. The second kappa shape index (κ2) is 8.04. The van der Waals surface area contributed by atoms with Crippen molar-refractivity contribution >= 4 is 17.9 Å². The van der Waals surface area contributed by atoms with Crippen molar-refractivity contribution in [2.24, 2.45) is 0 Å². The minimum Gasteiger partial charge on any atom is -0.484 e. The molecule has 0 bridgehead atoms. The van der Waals surface area contributed by atoms with Crippen molar-refractivity contribution < 1.29 is 14.3 Å². The Morgan fingerprint density at radius 1 is 1.04 bits per heavy atom. The number of rotatable bonds is 5. The van der Waals surface area contributed by atoms with Gasteiger partial charge in [0.1, 0.15) is 12.0 Å². The van der Waals surface area contributed by atoms with Gasteiger partial charge in [0.05, 0.1) is 0 Å². The number of hydrogen-bond donors (Lipinski definition) is 0. The fourth-order valence-corrected chi connectivity index (χ4v) is 3.49. The third kappa shape index (κ3) is 4.04. The van der Waals surface area contributed by atoms with E-state index in [1.807, 2.05) is 61.2 Å². The molecule has 0 aliphatic carbocycles. The van der Waals surface area contributed by atoms with Crippen molar-refractivity contribution in [3.63, 3.8) is 0 Å². The van der Waals surface area contributed by atoms with Crippen LogP contribution in [-0.2, 0) is 4.79 Å². The van der Waals surface area contributed by atoms with Gasteiger partial charge < -0.3 is 14.5 Å². The molecule has 2 aromatic rings. The summed E-state index contributed by atoms with van der Waals surface area (Å²) in [6.07, 6.45) is 0.882. The van der Waals surface area contributed by atoms with E-state index in [-0.39, 0.29) is 12.5 Å². The highest BCUT2D eigenvalue weighted by Gasteiger charge is 2.23. The normalized spacial score (nSPS) is 14.2. The molecular weight excluding hydrogens is 328 g/mol. The number of nitrogens with zero attached hydrogens (tertiary/aromatic N) is 2. The van der Waals surface area contributed by atoms with E-state index in [1.54, 1.807) is 0 Å². The zero-order chi connectivity index (χ0) is 18.5. The van der Waals surface area contributed by atoms with Gasteiger partial charge >= 0.3 is 0 Å².